The molecule has 4 heterocycles. The molecule has 0 aliphatic carbocycles. The maximum atomic E-state index is 12.2. The van der Waals surface area contributed by atoms with E-state index in [1.165, 1.54) is 29.1 Å². The zero-order valence-electron chi connectivity index (χ0n) is 15.8. The van der Waals surface area contributed by atoms with Crippen molar-refractivity contribution in [1.82, 2.24) is 29.7 Å². The monoisotopic (exact) mass is 428 g/mol. The van der Waals surface area contributed by atoms with Crippen molar-refractivity contribution in [3.8, 4) is 0 Å². The number of amides is 1. The summed E-state index contributed by atoms with van der Waals surface area (Å²) in [6.07, 6.45) is 4.38. The van der Waals surface area contributed by atoms with Crippen LogP contribution in [0.4, 0.5) is 11.8 Å². The van der Waals surface area contributed by atoms with Gasteiger partial charge in [-0.3, -0.25) is 9.59 Å². The number of nitrogens with zero attached hydrogens (tertiary/aromatic N) is 5. The molecule has 30 heavy (non-hydrogen) atoms. The minimum Gasteiger partial charge on any atom is -0.364 e. The third kappa shape index (κ3) is 4.15. The predicted octanol–water partition coefficient (Wildman–Crippen LogP) is 2.27. The first-order valence-electron chi connectivity index (χ1n) is 9.12. The van der Waals surface area contributed by atoms with E-state index in [0.29, 0.717) is 22.2 Å². The Labute approximate surface area is 174 Å². The Morgan fingerprint density at radius 3 is 3.00 bits per heavy atom. The molecule has 0 aliphatic rings. The Morgan fingerprint density at radius 2 is 2.23 bits per heavy atom. The number of hydrogen-bond acceptors (Lipinski definition) is 8. The number of hydrogen-bond donors (Lipinski definition) is 3. The van der Waals surface area contributed by atoms with Gasteiger partial charge in [-0.25, -0.2) is 4.98 Å². The van der Waals surface area contributed by atoms with Gasteiger partial charge in [-0.15, -0.1) is 5.10 Å². The molecule has 1 amide bonds. The summed E-state index contributed by atoms with van der Waals surface area (Å²) in [7, 11) is 0. The molecule has 0 aliphatic heterocycles. The topological polar surface area (TPSA) is 143 Å². The van der Waals surface area contributed by atoms with Crippen LogP contribution in [0.2, 0.25) is 5.02 Å². The molecular formula is C18H17ClN8O3. The summed E-state index contributed by atoms with van der Waals surface area (Å²) in [5, 5.41) is 13.8. The van der Waals surface area contributed by atoms with Crippen molar-refractivity contribution in [3.63, 3.8) is 0 Å². The lowest BCUT2D eigenvalue weighted by atomic mass is 10.2. The molecule has 0 saturated heterocycles. The smallest absolute Gasteiger partial charge is 0.278 e. The lowest BCUT2D eigenvalue weighted by Gasteiger charge is -2.08. The molecule has 0 unspecified atom stereocenters. The number of carbonyl (C=O) groups excluding carboxylic acids is 1. The van der Waals surface area contributed by atoms with Gasteiger partial charge in [-0.05, 0) is 18.1 Å². The number of nitrogens with one attached hydrogen (secondary N) is 3. The first-order chi connectivity index (χ1) is 14.5. The minimum absolute atomic E-state index is 0.132. The van der Waals surface area contributed by atoms with E-state index < -0.39 is 5.91 Å². The largest absolute Gasteiger partial charge is 0.364 e. The molecule has 4 rings (SSSR count). The van der Waals surface area contributed by atoms with Crippen LogP contribution in [0.3, 0.4) is 0 Å². The fourth-order valence-corrected chi connectivity index (χ4v) is 2.95. The van der Waals surface area contributed by atoms with E-state index in [9.17, 15) is 9.59 Å². The van der Waals surface area contributed by atoms with Crippen LogP contribution in [0, 0.1) is 0 Å². The highest BCUT2D eigenvalue weighted by Crippen LogP contribution is 2.19. The second-order valence-corrected chi connectivity index (χ2v) is 6.81. The third-order valence-electron chi connectivity index (χ3n) is 4.19. The number of aromatic amines is 1. The molecule has 4 aromatic rings. The standard InChI is InChI=1S/C18H17ClN8O3/c1-2-3-11-7-15(28)27-18(22-11)24-17(25-27)21-8-10-6-14(20-9-12(10)19)23-16(29)13-4-5-30-26-13/h4-7,9H,2-3,8H2,1H3,(H,20,23,29)(H2,21,22,24,25). The zero-order chi connectivity index (χ0) is 21.1. The average Bonchev–Trinajstić information content (AvgIpc) is 3.39. The van der Waals surface area contributed by atoms with Gasteiger partial charge in [0.05, 0.1) is 5.02 Å². The molecular weight excluding hydrogens is 412 g/mol. The number of anilines is 2. The number of fused-ring (bicyclic) bond motifs is 1. The molecule has 0 bridgehead atoms. The van der Waals surface area contributed by atoms with Crippen molar-refractivity contribution in [2.75, 3.05) is 10.6 Å². The number of rotatable bonds is 7. The summed E-state index contributed by atoms with van der Waals surface area (Å²) in [6, 6.07) is 4.57. The number of pyridine rings is 1. The SMILES string of the molecule is CCCc1cc(=O)n2nc(NCc3cc(NC(=O)c4ccon4)ncc3Cl)nc2[nH]1. The Bertz CT molecular complexity index is 1250. The fourth-order valence-electron chi connectivity index (χ4n) is 2.78. The van der Waals surface area contributed by atoms with E-state index in [1.54, 1.807) is 6.07 Å². The van der Waals surface area contributed by atoms with E-state index >= 15 is 0 Å². The molecule has 0 fully saturated rings. The molecule has 0 atom stereocenters. The predicted molar refractivity (Wildman–Crippen MR) is 109 cm³/mol. The summed E-state index contributed by atoms with van der Waals surface area (Å²) < 4.78 is 5.85. The van der Waals surface area contributed by atoms with E-state index in [2.05, 4.69) is 40.4 Å². The molecule has 0 saturated carbocycles. The van der Waals surface area contributed by atoms with Crippen LogP contribution in [0.15, 0.2) is 40.0 Å². The number of halogens is 1. The Morgan fingerprint density at radius 1 is 1.37 bits per heavy atom. The number of aryl methyl sites for hydroxylation is 1. The lowest BCUT2D eigenvalue weighted by molar-refractivity contribution is 0.101. The minimum atomic E-state index is -0.458. The summed E-state index contributed by atoms with van der Waals surface area (Å²) >= 11 is 6.21. The number of carbonyl (C=O) groups is 1. The Kier molecular flexibility index (Phi) is 5.44. The van der Waals surface area contributed by atoms with Crippen molar-refractivity contribution in [2.24, 2.45) is 0 Å². The second kappa shape index (κ2) is 8.33. The van der Waals surface area contributed by atoms with Gasteiger partial charge in [0.25, 0.3) is 11.5 Å². The number of H-pyrrole nitrogens is 1. The van der Waals surface area contributed by atoms with Gasteiger partial charge in [0.2, 0.25) is 11.7 Å². The highest BCUT2D eigenvalue weighted by Gasteiger charge is 2.13. The highest BCUT2D eigenvalue weighted by atomic mass is 35.5. The summed E-state index contributed by atoms with van der Waals surface area (Å²) in [4.78, 5) is 35.8. The maximum absolute atomic E-state index is 12.2. The Balaban J connectivity index is 1.50. The molecule has 0 spiro atoms. The van der Waals surface area contributed by atoms with Gasteiger partial charge in [-0.1, -0.05) is 30.1 Å². The first kappa shape index (κ1) is 19.6. The van der Waals surface area contributed by atoms with E-state index in [1.807, 2.05) is 6.92 Å². The van der Waals surface area contributed by atoms with Crippen LogP contribution < -0.4 is 16.2 Å². The summed E-state index contributed by atoms with van der Waals surface area (Å²) in [5.74, 6) is 0.459. The van der Waals surface area contributed by atoms with Crippen LogP contribution in [0.25, 0.3) is 5.78 Å². The zero-order valence-corrected chi connectivity index (χ0v) is 16.6. The first-order valence-corrected chi connectivity index (χ1v) is 9.50. The quantitative estimate of drug-likeness (QED) is 0.406. The van der Waals surface area contributed by atoms with E-state index in [0.717, 1.165) is 18.5 Å². The highest BCUT2D eigenvalue weighted by molar-refractivity contribution is 6.31. The lowest BCUT2D eigenvalue weighted by Crippen LogP contribution is -2.15. The van der Waals surface area contributed by atoms with Gasteiger partial charge in [0.15, 0.2) is 5.69 Å². The molecule has 3 N–H and O–H groups in total. The molecule has 0 radical (unpaired) electrons. The average molecular weight is 429 g/mol. The Hall–Kier alpha value is -3.73. The number of aromatic nitrogens is 6. The van der Waals surface area contributed by atoms with Crippen LogP contribution in [-0.2, 0) is 13.0 Å². The van der Waals surface area contributed by atoms with Gasteiger partial charge < -0.3 is 20.1 Å². The van der Waals surface area contributed by atoms with Gasteiger partial charge in [0.1, 0.15) is 12.1 Å². The normalized spacial score (nSPS) is 11.0. The molecule has 4 aromatic heterocycles. The second-order valence-electron chi connectivity index (χ2n) is 6.41. The van der Waals surface area contributed by atoms with Crippen LogP contribution in [-0.4, -0.2) is 35.6 Å². The third-order valence-corrected chi connectivity index (χ3v) is 4.53. The van der Waals surface area contributed by atoms with E-state index in [-0.39, 0.29) is 23.7 Å². The van der Waals surface area contributed by atoms with Crippen molar-refractivity contribution in [3.05, 3.63) is 63.0 Å². The molecule has 0 aromatic carbocycles. The van der Waals surface area contributed by atoms with Crippen molar-refractivity contribution in [1.29, 1.82) is 0 Å². The molecule has 11 nitrogen and oxygen atoms in total. The maximum Gasteiger partial charge on any atom is 0.278 e. The van der Waals surface area contributed by atoms with Crippen LogP contribution in [0.1, 0.15) is 35.1 Å². The fraction of sp³-hybridized carbons (Fsp3) is 0.222. The van der Waals surface area contributed by atoms with Gasteiger partial charge in [0, 0.05) is 30.6 Å². The summed E-state index contributed by atoms with van der Waals surface area (Å²) in [6.45, 7) is 2.28. The molecule has 154 valence electrons. The van der Waals surface area contributed by atoms with Gasteiger partial charge in [-0.2, -0.15) is 9.50 Å². The van der Waals surface area contributed by atoms with Crippen molar-refractivity contribution < 1.29 is 9.32 Å². The summed E-state index contributed by atoms with van der Waals surface area (Å²) in [5.41, 5.74) is 1.33. The van der Waals surface area contributed by atoms with Crippen molar-refractivity contribution in [2.45, 2.75) is 26.3 Å². The van der Waals surface area contributed by atoms with Gasteiger partial charge >= 0.3 is 0 Å². The van der Waals surface area contributed by atoms with Crippen molar-refractivity contribution >= 4 is 35.1 Å². The van der Waals surface area contributed by atoms with Crippen LogP contribution >= 0.6 is 11.6 Å². The molecule has 12 heteroatoms. The van der Waals surface area contributed by atoms with E-state index in [4.69, 9.17) is 11.6 Å². The van der Waals surface area contributed by atoms with Crippen LogP contribution in [0.5, 0.6) is 0 Å².